The molecule has 1 fully saturated rings. The van der Waals surface area contributed by atoms with Gasteiger partial charge in [0.15, 0.2) is 18.1 Å². The Bertz CT molecular complexity index is 616. The van der Waals surface area contributed by atoms with Gasteiger partial charge in [-0.15, -0.1) is 0 Å². The molecule has 0 aromatic heterocycles. The van der Waals surface area contributed by atoms with Crippen molar-refractivity contribution in [3.8, 4) is 11.5 Å². The molecule has 1 aromatic carbocycles. The van der Waals surface area contributed by atoms with Crippen LogP contribution in [0.3, 0.4) is 0 Å². The van der Waals surface area contributed by atoms with E-state index in [0.717, 1.165) is 12.8 Å². The van der Waals surface area contributed by atoms with Gasteiger partial charge in [-0.05, 0) is 30.4 Å². The minimum absolute atomic E-state index is 0.140. The fraction of sp³-hybridized carbons (Fsp3) is 0.579. The highest BCUT2D eigenvalue weighted by atomic mass is 16.5. The Kier molecular flexibility index (Phi) is 6.67. The van der Waals surface area contributed by atoms with E-state index < -0.39 is 5.97 Å². The smallest absolute Gasteiger partial charge is 0.342 e. The predicted molar refractivity (Wildman–Crippen MR) is 93.9 cm³/mol. The monoisotopic (exact) mass is 349 g/mol. The fourth-order valence-electron chi connectivity index (χ4n) is 3.29. The van der Waals surface area contributed by atoms with E-state index in [0.29, 0.717) is 23.3 Å². The third-order valence-corrected chi connectivity index (χ3v) is 5.01. The van der Waals surface area contributed by atoms with Crippen LogP contribution >= 0.6 is 0 Å². The minimum atomic E-state index is -0.615. The van der Waals surface area contributed by atoms with Crippen molar-refractivity contribution in [1.29, 1.82) is 0 Å². The summed E-state index contributed by atoms with van der Waals surface area (Å²) in [4.78, 5) is 24.4. The predicted octanol–water partition coefficient (Wildman–Crippen LogP) is 2.80. The number of hydrogen-bond acceptors (Lipinski definition) is 5. The lowest BCUT2D eigenvalue weighted by Crippen LogP contribution is -2.45. The third kappa shape index (κ3) is 4.65. The normalized spacial score (nSPS) is 22.8. The van der Waals surface area contributed by atoms with E-state index in [2.05, 4.69) is 19.2 Å². The number of rotatable bonds is 6. The quantitative estimate of drug-likeness (QED) is 0.800. The molecule has 0 saturated heterocycles. The average molecular weight is 349 g/mol. The standard InChI is InChI=1S/C19H27NO5/c1-12-7-5-9-15(13(12)2)20-17(21)11-25-19(22)14-8-6-10-16(23-3)18(14)24-4/h6,8,10,12-13,15H,5,7,9,11H2,1-4H3,(H,20,21)/t12-,13+,15+/m0/s1. The van der Waals surface area contributed by atoms with Gasteiger partial charge in [-0.2, -0.15) is 0 Å². The number of carbonyl (C=O) groups is 2. The lowest BCUT2D eigenvalue weighted by atomic mass is 9.78. The van der Waals surface area contributed by atoms with E-state index in [1.165, 1.54) is 20.6 Å². The summed E-state index contributed by atoms with van der Waals surface area (Å²) in [6.07, 6.45) is 3.27. The largest absolute Gasteiger partial charge is 0.493 e. The maximum atomic E-state index is 12.3. The molecule has 3 atom stereocenters. The van der Waals surface area contributed by atoms with Gasteiger partial charge in [0, 0.05) is 6.04 Å². The highest BCUT2D eigenvalue weighted by Gasteiger charge is 2.28. The van der Waals surface area contributed by atoms with Crippen LogP contribution in [0.2, 0.25) is 0 Å². The van der Waals surface area contributed by atoms with Gasteiger partial charge in [0.25, 0.3) is 5.91 Å². The van der Waals surface area contributed by atoms with Crippen molar-refractivity contribution in [1.82, 2.24) is 5.32 Å². The van der Waals surface area contributed by atoms with Gasteiger partial charge in [-0.25, -0.2) is 4.79 Å². The first-order valence-electron chi connectivity index (χ1n) is 8.65. The van der Waals surface area contributed by atoms with Gasteiger partial charge in [0.05, 0.1) is 14.2 Å². The minimum Gasteiger partial charge on any atom is -0.493 e. The van der Waals surface area contributed by atoms with Crippen molar-refractivity contribution < 1.29 is 23.8 Å². The molecule has 1 amide bonds. The van der Waals surface area contributed by atoms with Crippen molar-refractivity contribution in [3.05, 3.63) is 23.8 Å². The van der Waals surface area contributed by atoms with Crippen molar-refractivity contribution in [2.24, 2.45) is 11.8 Å². The Morgan fingerprint density at radius 3 is 2.60 bits per heavy atom. The summed E-state index contributed by atoms with van der Waals surface area (Å²) >= 11 is 0. The molecule has 0 bridgehead atoms. The van der Waals surface area contributed by atoms with Crippen molar-refractivity contribution >= 4 is 11.9 Å². The highest BCUT2D eigenvalue weighted by Crippen LogP contribution is 2.31. The number of carbonyl (C=O) groups excluding carboxylic acids is 2. The zero-order chi connectivity index (χ0) is 18.4. The summed E-state index contributed by atoms with van der Waals surface area (Å²) in [5, 5.41) is 2.98. The molecule has 0 aliphatic heterocycles. The number of methoxy groups -OCH3 is 2. The van der Waals surface area contributed by atoms with Crippen LogP contribution in [0, 0.1) is 11.8 Å². The fourth-order valence-corrected chi connectivity index (χ4v) is 3.29. The summed E-state index contributed by atoms with van der Waals surface area (Å²) < 4.78 is 15.5. The van der Waals surface area contributed by atoms with Crippen LogP contribution in [0.5, 0.6) is 11.5 Å². The van der Waals surface area contributed by atoms with E-state index >= 15 is 0 Å². The maximum absolute atomic E-state index is 12.3. The number of esters is 1. The first-order chi connectivity index (χ1) is 12.0. The maximum Gasteiger partial charge on any atom is 0.342 e. The molecule has 6 nitrogen and oxygen atoms in total. The van der Waals surface area contributed by atoms with Crippen LogP contribution in [0.4, 0.5) is 0 Å². The van der Waals surface area contributed by atoms with Crippen molar-refractivity contribution in [2.45, 2.75) is 39.2 Å². The van der Waals surface area contributed by atoms with Crippen LogP contribution < -0.4 is 14.8 Å². The van der Waals surface area contributed by atoms with E-state index in [1.807, 2.05) is 0 Å². The SMILES string of the molecule is COc1cccc(C(=O)OCC(=O)N[C@@H]2CCC[C@H](C)[C@H]2C)c1OC. The van der Waals surface area contributed by atoms with Gasteiger partial charge in [0.1, 0.15) is 5.56 Å². The number of para-hydroxylation sites is 1. The second-order valence-corrected chi connectivity index (χ2v) is 6.56. The Balaban J connectivity index is 1.92. The molecule has 0 unspecified atom stereocenters. The first kappa shape index (κ1) is 19.1. The van der Waals surface area contributed by atoms with Crippen LogP contribution in [0.15, 0.2) is 18.2 Å². The summed E-state index contributed by atoms with van der Waals surface area (Å²) in [7, 11) is 2.94. The molecule has 1 saturated carbocycles. The molecule has 25 heavy (non-hydrogen) atoms. The van der Waals surface area contributed by atoms with Crippen molar-refractivity contribution in [2.75, 3.05) is 20.8 Å². The lowest BCUT2D eigenvalue weighted by Gasteiger charge is -2.34. The van der Waals surface area contributed by atoms with Gasteiger partial charge < -0.3 is 19.5 Å². The Labute approximate surface area is 148 Å². The van der Waals surface area contributed by atoms with Crippen LogP contribution in [-0.2, 0) is 9.53 Å². The second-order valence-electron chi connectivity index (χ2n) is 6.56. The van der Waals surface area contributed by atoms with E-state index in [1.54, 1.807) is 18.2 Å². The molecule has 6 heteroatoms. The molecule has 1 aromatic rings. The summed E-state index contributed by atoms with van der Waals surface area (Å²) in [6, 6.07) is 5.07. The van der Waals surface area contributed by atoms with E-state index in [9.17, 15) is 9.59 Å². The molecule has 1 N–H and O–H groups in total. The average Bonchev–Trinajstić information content (AvgIpc) is 2.62. The van der Waals surface area contributed by atoms with Gasteiger partial charge in [0.2, 0.25) is 0 Å². The van der Waals surface area contributed by atoms with Crippen molar-refractivity contribution in [3.63, 3.8) is 0 Å². The molecule has 0 radical (unpaired) electrons. The van der Waals surface area contributed by atoms with E-state index in [4.69, 9.17) is 14.2 Å². The molecular formula is C19H27NO5. The van der Waals surface area contributed by atoms with Crippen LogP contribution in [-0.4, -0.2) is 38.7 Å². The first-order valence-corrected chi connectivity index (χ1v) is 8.65. The zero-order valence-electron chi connectivity index (χ0n) is 15.3. The number of amides is 1. The highest BCUT2D eigenvalue weighted by molar-refractivity contribution is 5.95. The lowest BCUT2D eigenvalue weighted by molar-refractivity contribution is -0.125. The number of ether oxygens (including phenoxy) is 3. The number of benzene rings is 1. The summed E-state index contributed by atoms with van der Waals surface area (Å²) in [5.74, 6) is 0.850. The summed E-state index contributed by atoms with van der Waals surface area (Å²) in [5.41, 5.74) is 0.231. The van der Waals surface area contributed by atoms with Gasteiger partial charge in [-0.1, -0.05) is 32.8 Å². The molecule has 0 spiro atoms. The van der Waals surface area contributed by atoms with Gasteiger partial charge in [-0.3, -0.25) is 4.79 Å². The van der Waals surface area contributed by atoms with Crippen LogP contribution in [0.1, 0.15) is 43.5 Å². The third-order valence-electron chi connectivity index (χ3n) is 5.01. The topological polar surface area (TPSA) is 73.9 Å². The summed E-state index contributed by atoms with van der Waals surface area (Å²) in [6.45, 7) is 4.05. The molecule has 2 rings (SSSR count). The molecule has 0 heterocycles. The zero-order valence-corrected chi connectivity index (χ0v) is 15.3. The molecule has 1 aliphatic rings. The Hall–Kier alpha value is -2.24. The van der Waals surface area contributed by atoms with Gasteiger partial charge >= 0.3 is 5.97 Å². The number of hydrogen-bond donors (Lipinski definition) is 1. The second kappa shape index (κ2) is 8.74. The van der Waals surface area contributed by atoms with Crippen LogP contribution in [0.25, 0.3) is 0 Å². The Morgan fingerprint density at radius 1 is 1.16 bits per heavy atom. The number of nitrogens with one attached hydrogen (secondary N) is 1. The Morgan fingerprint density at radius 2 is 1.92 bits per heavy atom. The van der Waals surface area contributed by atoms with E-state index in [-0.39, 0.29) is 24.1 Å². The molecular weight excluding hydrogens is 322 g/mol. The molecule has 1 aliphatic carbocycles. The molecule has 138 valence electrons.